The Morgan fingerprint density at radius 3 is 2.25 bits per heavy atom. The first-order chi connectivity index (χ1) is 15.2. The average molecular weight is 459 g/mol. The lowest BCUT2D eigenvalue weighted by molar-refractivity contribution is -0.139. The Labute approximate surface area is 188 Å². The molecule has 0 aliphatic heterocycles. The van der Waals surface area contributed by atoms with Gasteiger partial charge < -0.3 is 9.84 Å². The van der Waals surface area contributed by atoms with Crippen molar-refractivity contribution in [2.75, 3.05) is 12.4 Å². The summed E-state index contributed by atoms with van der Waals surface area (Å²) >= 11 is 1.58. The molecule has 3 rings (SSSR count). The van der Waals surface area contributed by atoms with Crippen LogP contribution in [0.3, 0.4) is 0 Å². The van der Waals surface area contributed by atoms with Crippen LogP contribution in [-0.2, 0) is 11.0 Å². The van der Waals surface area contributed by atoms with Crippen molar-refractivity contribution in [3.63, 3.8) is 0 Å². The summed E-state index contributed by atoms with van der Waals surface area (Å²) in [6.45, 7) is 1.51. The molecule has 0 bridgehead atoms. The normalized spacial score (nSPS) is 11.9. The monoisotopic (exact) mass is 458 g/mol. The number of rotatable bonds is 8. The van der Waals surface area contributed by atoms with Crippen molar-refractivity contribution in [1.29, 1.82) is 0 Å². The van der Waals surface area contributed by atoms with Crippen molar-refractivity contribution in [1.82, 2.24) is 0 Å². The van der Waals surface area contributed by atoms with Crippen molar-refractivity contribution in [2.45, 2.75) is 18.0 Å². The summed E-state index contributed by atoms with van der Waals surface area (Å²) in [5, 5.41) is 8.72. The van der Waals surface area contributed by atoms with Crippen molar-refractivity contribution < 1.29 is 27.8 Å². The van der Waals surface area contributed by atoms with Crippen LogP contribution in [0.15, 0.2) is 83.8 Å². The first-order valence-corrected chi connectivity index (χ1v) is 10.7. The van der Waals surface area contributed by atoms with E-state index >= 15 is 0 Å². The molecule has 0 aliphatic rings. The molecule has 0 unspecified atom stereocenters. The van der Waals surface area contributed by atoms with Crippen LogP contribution in [0.25, 0.3) is 5.57 Å². The highest BCUT2D eigenvalue weighted by molar-refractivity contribution is 7.99. The highest BCUT2D eigenvalue weighted by atomic mass is 32.2. The third kappa shape index (κ3) is 6.40. The van der Waals surface area contributed by atoms with Crippen molar-refractivity contribution in [3.05, 3.63) is 101 Å². The number of hydrogen-bond acceptors (Lipinski definition) is 3. The maximum atomic E-state index is 12.9. The van der Waals surface area contributed by atoms with Gasteiger partial charge in [0, 0.05) is 10.6 Å². The number of alkyl halides is 3. The van der Waals surface area contributed by atoms with Crippen molar-refractivity contribution >= 4 is 23.3 Å². The van der Waals surface area contributed by atoms with Gasteiger partial charge in [0.15, 0.2) is 6.61 Å². The second kappa shape index (κ2) is 10.4. The second-order valence-corrected chi connectivity index (χ2v) is 8.04. The summed E-state index contributed by atoms with van der Waals surface area (Å²) < 4.78 is 44.0. The fourth-order valence-corrected chi connectivity index (χ4v) is 3.97. The van der Waals surface area contributed by atoms with Gasteiger partial charge in [0.05, 0.1) is 5.56 Å². The van der Waals surface area contributed by atoms with Crippen LogP contribution in [0.1, 0.15) is 22.3 Å². The van der Waals surface area contributed by atoms with E-state index in [2.05, 4.69) is 0 Å². The molecule has 0 heterocycles. The number of aliphatic carboxylic acids is 1. The third-order valence-corrected chi connectivity index (χ3v) is 5.75. The van der Waals surface area contributed by atoms with Crippen molar-refractivity contribution in [2.24, 2.45) is 0 Å². The Kier molecular flexibility index (Phi) is 7.64. The van der Waals surface area contributed by atoms with E-state index in [0.717, 1.165) is 33.7 Å². The van der Waals surface area contributed by atoms with E-state index in [0.29, 0.717) is 17.1 Å². The Morgan fingerprint density at radius 2 is 1.66 bits per heavy atom. The van der Waals surface area contributed by atoms with E-state index in [-0.39, 0.29) is 0 Å². The molecule has 1 N–H and O–H groups in total. The van der Waals surface area contributed by atoms with Gasteiger partial charge in [-0.15, -0.1) is 11.8 Å². The highest BCUT2D eigenvalue weighted by Crippen LogP contribution is 2.32. The molecular formula is C25H21F3O3S. The zero-order valence-corrected chi connectivity index (χ0v) is 18.0. The summed E-state index contributed by atoms with van der Waals surface area (Å²) in [7, 11) is 0. The molecule has 0 saturated carbocycles. The van der Waals surface area contributed by atoms with E-state index in [4.69, 9.17) is 9.84 Å². The van der Waals surface area contributed by atoms with Crippen molar-refractivity contribution in [3.8, 4) is 5.75 Å². The Morgan fingerprint density at radius 1 is 1.00 bits per heavy atom. The number of thioether (sulfide) groups is 1. The summed E-state index contributed by atoms with van der Waals surface area (Å²) in [6.07, 6.45) is -2.38. The molecule has 32 heavy (non-hydrogen) atoms. The van der Waals surface area contributed by atoms with E-state index < -0.39 is 24.3 Å². The minimum absolute atomic E-state index is 0.401. The molecule has 0 spiro atoms. The molecule has 7 heteroatoms. The first-order valence-electron chi connectivity index (χ1n) is 9.75. The summed E-state index contributed by atoms with van der Waals surface area (Å²) in [5.41, 5.74) is 2.75. The minimum Gasteiger partial charge on any atom is -0.482 e. The predicted octanol–water partition coefficient (Wildman–Crippen LogP) is 6.70. The quantitative estimate of drug-likeness (QED) is 0.382. The molecular weight excluding hydrogens is 437 g/mol. The number of carboxylic acid groups (broad SMARTS) is 1. The molecule has 3 aromatic carbocycles. The van der Waals surface area contributed by atoms with Gasteiger partial charge in [0.1, 0.15) is 5.75 Å². The maximum absolute atomic E-state index is 12.9. The van der Waals surface area contributed by atoms with E-state index in [1.165, 1.54) is 12.1 Å². The molecule has 0 amide bonds. The number of benzene rings is 3. The Balaban J connectivity index is 1.79. The van der Waals surface area contributed by atoms with Crippen LogP contribution < -0.4 is 4.74 Å². The average Bonchev–Trinajstić information content (AvgIpc) is 2.76. The third-order valence-electron chi connectivity index (χ3n) is 4.64. The van der Waals surface area contributed by atoms with E-state index in [1.807, 2.05) is 49.4 Å². The molecule has 3 nitrogen and oxygen atoms in total. The molecule has 0 radical (unpaired) electrons. The molecule has 0 fully saturated rings. The molecule has 0 aliphatic carbocycles. The van der Waals surface area contributed by atoms with Crippen LogP contribution >= 0.6 is 11.8 Å². The van der Waals surface area contributed by atoms with Gasteiger partial charge >= 0.3 is 12.1 Å². The number of halogens is 3. The lowest BCUT2D eigenvalue weighted by Crippen LogP contribution is -2.09. The van der Waals surface area contributed by atoms with Gasteiger partial charge in [-0.1, -0.05) is 48.5 Å². The predicted molar refractivity (Wildman–Crippen MR) is 120 cm³/mol. The second-order valence-electron chi connectivity index (χ2n) is 6.98. The minimum atomic E-state index is -4.37. The number of carbonyl (C=O) groups is 1. The molecule has 166 valence electrons. The summed E-state index contributed by atoms with van der Waals surface area (Å²) in [5.74, 6) is 0.0454. The Hall–Kier alpha value is -3.19. The molecule has 0 atom stereocenters. The summed E-state index contributed by atoms with van der Waals surface area (Å²) in [4.78, 5) is 11.6. The lowest BCUT2D eigenvalue weighted by atomic mass is 9.97. The lowest BCUT2D eigenvalue weighted by Gasteiger charge is -2.12. The fourth-order valence-electron chi connectivity index (χ4n) is 3.09. The van der Waals surface area contributed by atoms with Crippen LogP contribution in [-0.4, -0.2) is 23.4 Å². The number of carboxylic acids is 1. The van der Waals surface area contributed by atoms with Crippen LogP contribution in [0.4, 0.5) is 13.2 Å². The smallest absolute Gasteiger partial charge is 0.416 e. The van der Waals surface area contributed by atoms with Gasteiger partial charge in [0.25, 0.3) is 0 Å². The standard InChI is InChI=1S/C25H21F3O3S/c1-17-15-21(31-16-24(29)30)11-12-23(17)32-14-13-22(18-5-3-2-4-6-18)19-7-9-20(10-8-19)25(26,27)28/h2-13,15H,14,16H2,1H3,(H,29,30). The van der Waals surface area contributed by atoms with Crippen LogP contribution in [0.5, 0.6) is 5.75 Å². The SMILES string of the molecule is Cc1cc(OCC(=O)O)ccc1SCC=C(c1ccccc1)c1ccc(C(F)(F)F)cc1. The van der Waals surface area contributed by atoms with Crippen LogP contribution in [0.2, 0.25) is 0 Å². The Bertz CT molecular complexity index is 1090. The number of hydrogen-bond donors (Lipinski definition) is 1. The molecule has 3 aromatic rings. The maximum Gasteiger partial charge on any atom is 0.416 e. The number of ether oxygens (including phenoxy) is 1. The van der Waals surface area contributed by atoms with Gasteiger partial charge in [-0.25, -0.2) is 4.79 Å². The van der Waals surface area contributed by atoms with Gasteiger partial charge in [-0.3, -0.25) is 0 Å². The zero-order valence-electron chi connectivity index (χ0n) is 17.2. The van der Waals surface area contributed by atoms with Crippen LogP contribution in [0, 0.1) is 6.92 Å². The van der Waals surface area contributed by atoms with E-state index in [9.17, 15) is 18.0 Å². The fraction of sp³-hybridized carbons (Fsp3) is 0.160. The number of aryl methyl sites for hydroxylation is 1. The zero-order chi connectivity index (χ0) is 23.1. The highest BCUT2D eigenvalue weighted by Gasteiger charge is 2.30. The van der Waals surface area contributed by atoms with Gasteiger partial charge in [-0.05, 0) is 59.5 Å². The van der Waals surface area contributed by atoms with E-state index in [1.54, 1.807) is 23.9 Å². The molecule has 0 saturated heterocycles. The molecule has 0 aromatic heterocycles. The first kappa shape index (κ1) is 23.5. The van der Waals surface area contributed by atoms with Gasteiger partial charge in [-0.2, -0.15) is 13.2 Å². The summed E-state index contributed by atoms with van der Waals surface area (Å²) in [6, 6.07) is 20.1. The largest absolute Gasteiger partial charge is 0.482 e. The topological polar surface area (TPSA) is 46.5 Å². The van der Waals surface area contributed by atoms with Gasteiger partial charge in [0.2, 0.25) is 0 Å².